The zero-order valence-electron chi connectivity index (χ0n) is 14.3. The van der Waals surface area contributed by atoms with Crippen LogP contribution in [-0.2, 0) is 24.2 Å². The van der Waals surface area contributed by atoms with Crippen molar-refractivity contribution in [1.29, 1.82) is 0 Å². The van der Waals surface area contributed by atoms with E-state index >= 15 is 0 Å². The van der Waals surface area contributed by atoms with E-state index in [1.165, 1.54) is 4.68 Å². The number of nitrogens with zero attached hydrogens (tertiary/aromatic N) is 2. The van der Waals surface area contributed by atoms with E-state index in [1.807, 2.05) is 32.0 Å². The Kier molecular flexibility index (Phi) is 4.79. The fourth-order valence-corrected chi connectivity index (χ4v) is 3.09. The van der Waals surface area contributed by atoms with Gasteiger partial charge in [0.2, 0.25) is 5.91 Å². The molecule has 5 heteroatoms. The summed E-state index contributed by atoms with van der Waals surface area (Å²) in [4.78, 5) is 24.6. The van der Waals surface area contributed by atoms with Gasteiger partial charge in [0, 0.05) is 11.8 Å². The highest BCUT2D eigenvalue weighted by atomic mass is 16.2. The predicted molar refractivity (Wildman–Crippen MR) is 94.3 cm³/mol. The first-order valence-electron chi connectivity index (χ1n) is 8.50. The molecule has 0 unspecified atom stereocenters. The molecule has 0 radical (unpaired) electrons. The monoisotopic (exact) mass is 325 g/mol. The molecule has 1 heterocycles. The van der Waals surface area contributed by atoms with Gasteiger partial charge in [0.15, 0.2) is 0 Å². The molecule has 1 aromatic heterocycles. The summed E-state index contributed by atoms with van der Waals surface area (Å²) in [5.41, 5.74) is 4.66. The van der Waals surface area contributed by atoms with E-state index in [2.05, 4.69) is 10.4 Å². The molecule has 0 saturated carbocycles. The van der Waals surface area contributed by atoms with Crippen LogP contribution in [0.4, 0.5) is 5.69 Å². The summed E-state index contributed by atoms with van der Waals surface area (Å²) in [5, 5.41) is 7.32. The van der Waals surface area contributed by atoms with E-state index < -0.39 is 0 Å². The first-order chi connectivity index (χ1) is 11.5. The van der Waals surface area contributed by atoms with Crippen LogP contribution in [0.2, 0.25) is 0 Å². The van der Waals surface area contributed by atoms with Gasteiger partial charge in [0.05, 0.1) is 5.69 Å². The van der Waals surface area contributed by atoms with Gasteiger partial charge in [-0.1, -0.05) is 18.6 Å². The molecular weight excluding hydrogens is 302 g/mol. The molecule has 1 N–H and O–H groups in total. The second-order valence-electron chi connectivity index (χ2n) is 6.54. The number of amides is 1. The lowest BCUT2D eigenvalue weighted by Crippen LogP contribution is -2.31. The average molecular weight is 325 g/mol. The number of hydrogen-bond acceptors (Lipinski definition) is 3. The molecule has 1 amide bonds. The van der Waals surface area contributed by atoms with Crippen LogP contribution in [0.5, 0.6) is 0 Å². The number of carbonyl (C=O) groups excluding carboxylic acids is 1. The third-order valence-electron chi connectivity index (χ3n) is 4.48. The molecule has 0 aliphatic heterocycles. The number of anilines is 1. The summed E-state index contributed by atoms with van der Waals surface area (Å²) in [6, 6.07) is 7.56. The quantitative estimate of drug-likeness (QED) is 0.883. The zero-order chi connectivity index (χ0) is 17.1. The van der Waals surface area contributed by atoms with Crippen molar-refractivity contribution in [2.75, 3.05) is 5.32 Å². The molecule has 1 aliphatic rings. The highest BCUT2D eigenvalue weighted by Gasteiger charge is 2.14. The number of aromatic nitrogens is 2. The molecule has 0 spiro atoms. The minimum Gasteiger partial charge on any atom is -0.324 e. The molecule has 1 aromatic carbocycles. The minimum atomic E-state index is -0.230. The SMILES string of the molecule is Cc1ccc(C)c(NC(=O)Cn2nc3c(cc2=O)CCCCC3)c1. The summed E-state index contributed by atoms with van der Waals surface area (Å²) in [5.74, 6) is -0.230. The summed E-state index contributed by atoms with van der Waals surface area (Å²) < 4.78 is 1.28. The molecule has 0 bridgehead atoms. The van der Waals surface area contributed by atoms with Crippen molar-refractivity contribution in [2.24, 2.45) is 0 Å². The van der Waals surface area contributed by atoms with Crippen molar-refractivity contribution in [2.45, 2.75) is 52.5 Å². The highest BCUT2D eigenvalue weighted by Crippen LogP contribution is 2.18. The first-order valence-corrected chi connectivity index (χ1v) is 8.50. The van der Waals surface area contributed by atoms with Crippen LogP contribution in [0.25, 0.3) is 0 Å². The molecule has 5 nitrogen and oxygen atoms in total. The first kappa shape index (κ1) is 16.4. The van der Waals surface area contributed by atoms with Gasteiger partial charge >= 0.3 is 0 Å². The van der Waals surface area contributed by atoms with Crippen molar-refractivity contribution >= 4 is 11.6 Å². The molecule has 3 rings (SSSR count). The van der Waals surface area contributed by atoms with Crippen LogP contribution in [0.15, 0.2) is 29.1 Å². The predicted octanol–water partition coefficient (Wildman–Crippen LogP) is 2.77. The fourth-order valence-electron chi connectivity index (χ4n) is 3.09. The normalized spacial score (nSPS) is 13.9. The summed E-state index contributed by atoms with van der Waals surface area (Å²) in [7, 11) is 0. The van der Waals surface area contributed by atoms with Crippen LogP contribution in [0, 0.1) is 13.8 Å². The van der Waals surface area contributed by atoms with Crippen LogP contribution in [0.3, 0.4) is 0 Å². The topological polar surface area (TPSA) is 64.0 Å². The van der Waals surface area contributed by atoms with E-state index in [4.69, 9.17) is 0 Å². The van der Waals surface area contributed by atoms with Crippen molar-refractivity contribution < 1.29 is 4.79 Å². The van der Waals surface area contributed by atoms with Gasteiger partial charge in [-0.2, -0.15) is 5.10 Å². The second kappa shape index (κ2) is 6.99. The van der Waals surface area contributed by atoms with Crippen molar-refractivity contribution in [3.05, 3.63) is 57.0 Å². The van der Waals surface area contributed by atoms with Gasteiger partial charge in [-0.3, -0.25) is 9.59 Å². The van der Waals surface area contributed by atoms with E-state index in [0.29, 0.717) is 0 Å². The largest absolute Gasteiger partial charge is 0.324 e. The van der Waals surface area contributed by atoms with Crippen molar-refractivity contribution in [1.82, 2.24) is 9.78 Å². The maximum absolute atomic E-state index is 12.3. The molecule has 0 saturated heterocycles. The lowest BCUT2D eigenvalue weighted by atomic mass is 10.1. The van der Waals surface area contributed by atoms with E-state index in [9.17, 15) is 9.59 Å². The minimum absolute atomic E-state index is 0.0561. The molecule has 1 aliphatic carbocycles. The molecule has 126 valence electrons. The highest BCUT2D eigenvalue weighted by molar-refractivity contribution is 5.91. The number of fused-ring (bicyclic) bond motifs is 1. The Morgan fingerprint density at radius 3 is 2.79 bits per heavy atom. The number of rotatable bonds is 3. The Morgan fingerprint density at radius 1 is 1.17 bits per heavy atom. The Bertz CT molecular complexity index is 824. The summed E-state index contributed by atoms with van der Waals surface area (Å²) in [6.07, 6.45) is 5.15. The molecule has 0 fully saturated rings. The van der Waals surface area contributed by atoms with Crippen molar-refractivity contribution in [3.63, 3.8) is 0 Å². The molecule has 2 aromatic rings. The Morgan fingerprint density at radius 2 is 1.96 bits per heavy atom. The number of aryl methyl sites for hydroxylation is 4. The maximum atomic E-state index is 12.3. The standard InChI is InChI=1S/C19H23N3O2/c1-13-8-9-14(2)17(10-13)20-18(23)12-22-19(24)11-15-6-4-3-5-7-16(15)21-22/h8-11H,3-7,12H2,1-2H3,(H,20,23). The number of nitrogens with one attached hydrogen (secondary N) is 1. The van der Waals surface area contributed by atoms with E-state index in [-0.39, 0.29) is 18.0 Å². The number of benzene rings is 1. The van der Waals surface area contributed by atoms with Crippen LogP contribution < -0.4 is 10.9 Å². The Balaban J connectivity index is 1.78. The van der Waals surface area contributed by atoms with E-state index in [1.54, 1.807) is 6.07 Å². The maximum Gasteiger partial charge on any atom is 0.267 e. The molecular formula is C19H23N3O2. The van der Waals surface area contributed by atoms with Gasteiger partial charge in [-0.25, -0.2) is 4.68 Å². The summed E-state index contributed by atoms with van der Waals surface area (Å²) >= 11 is 0. The lowest BCUT2D eigenvalue weighted by Gasteiger charge is -2.12. The smallest absolute Gasteiger partial charge is 0.267 e. The molecule has 24 heavy (non-hydrogen) atoms. The van der Waals surface area contributed by atoms with Gasteiger partial charge in [0.1, 0.15) is 6.54 Å². The Hall–Kier alpha value is -2.43. The van der Waals surface area contributed by atoms with Gasteiger partial charge in [-0.15, -0.1) is 0 Å². The van der Waals surface area contributed by atoms with Crippen LogP contribution >= 0.6 is 0 Å². The van der Waals surface area contributed by atoms with Crippen LogP contribution in [-0.4, -0.2) is 15.7 Å². The lowest BCUT2D eigenvalue weighted by molar-refractivity contribution is -0.117. The third-order valence-corrected chi connectivity index (χ3v) is 4.48. The number of carbonyl (C=O) groups is 1. The zero-order valence-corrected chi connectivity index (χ0v) is 14.3. The number of hydrogen-bond donors (Lipinski definition) is 1. The second-order valence-corrected chi connectivity index (χ2v) is 6.54. The Labute approximate surface area is 141 Å². The molecule has 0 atom stereocenters. The fraction of sp³-hybridized carbons (Fsp3) is 0.421. The van der Waals surface area contributed by atoms with Gasteiger partial charge < -0.3 is 5.32 Å². The van der Waals surface area contributed by atoms with Gasteiger partial charge in [0.25, 0.3) is 5.56 Å². The average Bonchev–Trinajstić information content (AvgIpc) is 2.76. The van der Waals surface area contributed by atoms with Gasteiger partial charge in [-0.05, 0) is 62.3 Å². The summed E-state index contributed by atoms with van der Waals surface area (Å²) in [6.45, 7) is 3.87. The van der Waals surface area contributed by atoms with E-state index in [0.717, 1.165) is 60.2 Å². The van der Waals surface area contributed by atoms with Crippen LogP contribution in [0.1, 0.15) is 41.6 Å². The third kappa shape index (κ3) is 3.72. The van der Waals surface area contributed by atoms with Crippen molar-refractivity contribution in [3.8, 4) is 0 Å².